The van der Waals surface area contributed by atoms with Crippen LogP contribution in [0.15, 0.2) is 30.3 Å². The summed E-state index contributed by atoms with van der Waals surface area (Å²) < 4.78 is 5.19. The van der Waals surface area contributed by atoms with Crippen molar-refractivity contribution in [3.8, 4) is 0 Å². The number of ether oxygens (including phenoxy) is 1. The van der Waals surface area contributed by atoms with E-state index in [4.69, 9.17) is 21.9 Å². The number of hydrogen-bond acceptors (Lipinski definition) is 16. The second-order valence-electron chi connectivity index (χ2n) is 15.5. The van der Waals surface area contributed by atoms with Gasteiger partial charge in [-0.1, -0.05) is 44.2 Å². The molecule has 65 heavy (non-hydrogen) atoms. The number of carboxylic acid groups (broad SMARTS) is 1. The Hall–Kier alpha value is -5.99. The zero-order chi connectivity index (χ0) is 49.2. The molecule has 1 aromatic carbocycles. The molecule has 17 N–H and O–H groups in total. The predicted octanol–water partition coefficient (Wildman–Crippen LogP) is -5.60. The number of unbranched alkanes of at least 4 members (excludes halogenated alkanes) is 1. The summed E-state index contributed by atoms with van der Waals surface area (Å²) in [5, 5.41) is 63.0. The Morgan fingerprint density at radius 2 is 1.32 bits per heavy atom. The third kappa shape index (κ3) is 22.0. The lowest BCUT2D eigenvalue weighted by molar-refractivity contribution is -0.143. The number of rotatable bonds is 31. The first-order valence-corrected chi connectivity index (χ1v) is 20.9. The van der Waals surface area contributed by atoms with E-state index in [1.165, 1.54) is 0 Å². The van der Waals surface area contributed by atoms with Crippen molar-refractivity contribution in [2.75, 3.05) is 46.1 Å². The van der Waals surface area contributed by atoms with Crippen LogP contribution >= 0.6 is 0 Å². The highest BCUT2D eigenvalue weighted by atomic mass is 16.6. The molecule has 0 spiro atoms. The van der Waals surface area contributed by atoms with Crippen LogP contribution in [0.5, 0.6) is 0 Å². The Bertz CT molecular complexity index is 1720. The van der Waals surface area contributed by atoms with Crippen LogP contribution in [-0.4, -0.2) is 178 Å². The van der Waals surface area contributed by atoms with Crippen molar-refractivity contribution in [3.63, 3.8) is 0 Å². The van der Waals surface area contributed by atoms with Crippen molar-refractivity contribution in [3.05, 3.63) is 35.9 Å². The maximum Gasteiger partial charge on any atom is 0.410 e. The van der Waals surface area contributed by atoms with E-state index in [1.807, 2.05) is 0 Å². The fraction of sp³-hybridized carbons (Fsp3) is 0.625. The lowest BCUT2D eigenvalue weighted by Crippen LogP contribution is -2.62. The second-order valence-corrected chi connectivity index (χ2v) is 15.5. The third-order valence-electron chi connectivity index (χ3n) is 9.34. The number of amides is 8. The minimum Gasteiger partial charge on any atom is -0.480 e. The van der Waals surface area contributed by atoms with Crippen LogP contribution in [0, 0.1) is 5.92 Å². The maximum absolute atomic E-state index is 13.5. The number of hydrogen-bond donors (Lipinski definition) is 14. The fourth-order valence-electron chi connectivity index (χ4n) is 5.73. The number of nitrogens with one attached hydrogen (secondary N) is 6. The SMILES string of the molecule is CC(C)COC(=O)N(CC(N)CO)C(CC(N)=O)C(=O)N[C@H](C(=O)N[C@@H](CO)C(=O)NC(CCC(=O)NCCCCNC(=O)C(Cc1ccccc1)NC(=O)C(N)CO)C(=O)O)[C@@H](C)O. The van der Waals surface area contributed by atoms with Gasteiger partial charge in [0, 0.05) is 38.5 Å². The Labute approximate surface area is 375 Å². The second kappa shape index (κ2) is 30.2. The number of aliphatic carboxylic acids is 1. The van der Waals surface area contributed by atoms with E-state index in [0.717, 1.165) is 17.4 Å². The first-order valence-electron chi connectivity index (χ1n) is 20.9. The van der Waals surface area contributed by atoms with Gasteiger partial charge in [0.25, 0.3) is 0 Å². The molecule has 0 aliphatic rings. The van der Waals surface area contributed by atoms with Gasteiger partial charge >= 0.3 is 12.1 Å². The first-order chi connectivity index (χ1) is 30.6. The number of nitrogens with zero attached hydrogens (tertiary/aromatic N) is 1. The van der Waals surface area contributed by atoms with Crippen LogP contribution in [-0.2, 0) is 49.5 Å². The summed E-state index contributed by atoms with van der Waals surface area (Å²) >= 11 is 0. The van der Waals surface area contributed by atoms with Crippen LogP contribution in [0.4, 0.5) is 4.79 Å². The van der Waals surface area contributed by atoms with Crippen molar-refractivity contribution in [1.29, 1.82) is 0 Å². The predicted molar refractivity (Wildman–Crippen MR) is 229 cm³/mol. The minimum absolute atomic E-state index is 0.106. The van der Waals surface area contributed by atoms with E-state index >= 15 is 0 Å². The molecule has 0 heterocycles. The Kier molecular flexibility index (Phi) is 26.5. The third-order valence-corrected chi connectivity index (χ3v) is 9.34. The smallest absolute Gasteiger partial charge is 0.410 e. The van der Waals surface area contributed by atoms with Crippen molar-refractivity contribution in [2.24, 2.45) is 23.1 Å². The van der Waals surface area contributed by atoms with Crippen molar-refractivity contribution in [1.82, 2.24) is 36.8 Å². The molecule has 8 atom stereocenters. The molecule has 366 valence electrons. The number of nitrogens with two attached hydrogens (primary N) is 3. The molecule has 0 aliphatic carbocycles. The molecular formula is C40H66N10O15. The molecule has 8 amide bonds. The largest absolute Gasteiger partial charge is 0.480 e. The van der Waals surface area contributed by atoms with Gasteiger partial charge < -0.3 is 79.4 Å². The summed E-state index contributed by atoms with van der Waals surface area (Å²) in [5.41, 5.74) is 17.5. The molecule has 0 radical (unpaired) electrons. The summed E-state index contributed by atoms with van der Waals surface area (Å²) in [4.78, 5) is 115. The fourth-order valence-corrected chi connectivity index (χ4v) is 5.73. The van der Waals surface area contributed by atoms with Crippen molar-refractivity contribution >= 4 is 53.4 Å². The van der Waals surface area contributed by atoms with E-state index in [-0.39, 0.29) is 38.5 Å². The number of carbonyl (C=O) groups excluding carboxylic acids is 8. The first kappa shape index (κ1) is 57.0. The monoisotopic (exact) mass is 926 g/mol. The summed E-state index contributed by atoms with van der Waals surface area (Å²) in [6.07, 6.45) is -3.48. The summed E-state index contributed by atoms with van der Waals surface area (Å²) in [7, 11) is 0. The number of benzene rings is 1. The van der Waals surface area contributed by atoms with Crippen LogP contribution < -0.4 is 49.1 Å². The lowest BCUT2D eigenvalue weighted by Gasteiger charge is -2.33. The Morgan fingerprint density at radius 3 is 1.86 bits per heavy atom. The normalized spacial score (nSPS) is 14.7. The molecule has 0 bridgehead atoms. The van der Waals surface area contributed by atoms with Gasteiger partial charge in [-0.15, -0.1) is 0 Å². The van der Waals surface area contributed by atoms with Crippen LogP contribution in [0.1, 0.15) is 58.4 Å². The van der Waals surface area contributed by atoms with E-state index in [1.54, 1.807) is 44.2 Å². The highest BCUT2D eigenvalue weighted by molar-refractivity contribution is 5.96. The quantitative estimate of drug-likeness (QED) is 0.0309. The molecule has 0 saturated heterocycles. The van der Waals surface area contributed by atoms with Crippen LogP contribution in [0.3, 0.4) is 0 Å². The minimum atomic E-state index is -1.89. The number of aliphatic hydroxyl groups is 4. The summed E-state index contributed by atoms with van der Waals surface area (Å²) in [6.45, 7) is 1.88. The standard InChI is InChI=1S/C40H66N10O15/c1-22(2)21-65-40(64)50(17-25(41)18-51)30(16-31(43)55)37(60)49-33(23(3)54)38(61)48-29(20-53)36(59)46-27(39(62)63)11-12-32(56)44-13-7-8-14-45-35(58)28(47-34(57)26(42)19-52)15-24-9-5-4-6-10-24/h4-6,9-10,22-23,25-30,33,51-54H,7-8,11-21,41-42H2,1-3H3,(H2,43,55)(H,44,56)(H,45,58)(H,46,59)(H,47,57)(H,48,61)(H,49,60)(H,62,63)/t23-,25?,26?,27?,28?,29+,30?,33+/m1/s1. The highest BCUT2D eigenvalue weighted by Crippen LogP contribution is 2.12. The van der Waals surface area contributed by atoms with Gasteiger partial charge in [0.05, 0.1) is 39.0 Å². The number of carbonyl (C=O) groups is 9. The molecule has 1 aromatic rings. The molecule has 0 fully saturated rings. The summed E-state index contributed by atoms with van der Waals surface area (Å²) in [6, 6.07) is -1.59. The van der Waals surface area contributed by atoms with Gasteiger partial charge in [-0.2, -0.15) is 0 Å². The van der Waals surface area contributed by atoms with Gasteiger partial charge in [-0.3, -0.25) is 38.5 Å². The van der Waals surface area contributed by atoms with Gasteiger partial charge in [0.15, 0.2) is 0 Å². The number of aliphatic hydroxyl groups excluding tert-OH is 4. The zero-order valence-electron chi connectivity index (χ0n) is 36.8. The van der Waals surface area contributed by atoms with Gasteiger partial charge in [-0.05, 0) is 37.7 Å². The highest BCUT2D eigenvalue weighted by Gasteiger charge is 2.38. The average Bonchev–Trinajstić information content (AvgIpc) is 3.26. The van der Waals surface area contributed by atoms with Gasteiger partial charge in [0.1, 0.15) is 36.3 Å². The molecule has 0 aliphatic heterocycles. The number of primary amides is 1. The summed E-state index contributed by atoms with van der Waals surface area (Å²) in [5.74, 6) is -8.22. The van der Waals surface area contributed by atoms with Crippen LogP contribution in [0.25, 0.3) is 0 Å². The van der Waals surface area contributed by atoms with Crippen LogP contribution in [0.2, 0.25) is 0 Å². The maximum atomic E-state index is 13.5. The van der Waals surface area contributed by atoms with E-state index < -0.39 is 141 Å². The topological polar surface area (TPSA) is 417 Å². The number of carboxylic acids is 1. The molecule has 0 aromatic heterocycles. The van der Waals surface area contributed by atoms with Gasteiger partial charge in [-0.25, -0.2) is 9.59 Å². The van der Waals surface area contributed by atoms with E-state index in [2.05, 4.69) is 31.9 Å². The van der Waals surface area contributed by atoms with Crippen molar-refractivity contribution in [2.45, 2.75) is 108 Å². The molecule has 5 unspecified atom stereocenters. The lowest BCUT2D eigenvalue weighted by atomic mass is 10.0. The Morgan fingerprint density at radius 1 is 0.723 bits per heavy atom. The molecule has 0 saturated carbocycles. The zero-order valence-corrected chi connectivity index (χ0v) is 36.8. The van der Waals surface area contributed by atoms with E-state index in [0.29, 0.717) is 12.8 Å². The molecule has 1 rings (SSSR count). The molecular weight excluding hydrogens is 860 g/mol. The molecule has 25 nitrogen and oxygen atoms in total. The average molecular weight is 927 g/mol. The van der Waals surface area contributed by atoms with E-state index in [9.17, 15) is 68.7 Å². The van der Waals surface area contributed by atoms with Crippen molar-refractivity contribution < 1.29 is 73.4 Å². The van der Waals surface area contributed by atoms with Gasteiger partial charge in [0.2, 0.25) is 41.4 Å². The molecule has 25 heteroatoms. The Balaban J connectivity index is 2.82.